The first-order chi connectivity index (χ1) is 11.3. The van der Waals surface area contributed by atoms with Crippen LogP contribution in [0.2, 0.25) is 0 Å². The van der Waals surface area contributed by atoms with Crippen molar-refractivity contribution >= 4 is 27.7 Å². The third-order valence-corrected chi connectivity index (χ3v) is 5.11. The molecule has 0 aromatic heterocycles. The Balaban J connectivity index is 2.10. The smallest absolute Gasteiger partial charge is 0.251 e. The van der Waals surface area contributed by atoms with E-state index in [2.05, 4.69) is 5.32 Å². The lowest BCUT2D eigenvalue weighted by Crippen LogP contribution is -2.26. The van der Waals surface area contributed by atoms with Gasteiger partial charge in [-0.2, -0.15) is 11.8 Å². The lowest BCUT2D eigenvalue weighted by molar-refractivity contribution is 0.0939. The van der Waals surface area contributed by atoms with E-state index in [-0.39, 0.29) is 16.8 Å². The molecule has 3 N–H and O–H groups in total. The van der Waals surface area contributed by atoms with Gasteiger partial charge in [0.2, 0.25) is 10.0 Å². The molecule has 0 aliphatic carbocycles. The van der Waals surface area contributed by atoms with E-state index in [1.807, 2.05) is 31.4 Å². The summed E-state index contributed by atoms with van der Waals surface area (Å²) in [5.41, 5.74) is 2.51. The maximum atomic E-state index is 12.4. The standard InChI is InChI=1S/C17H20N2O3S2/c1-12(14-6-8-16(9-7-14)24(18,21)22)19-17(20)15-5-3-4-13(10-15)11-23-2/h3-10,12H,11H2,1-2H3,(H,19,20)(H2,18,21,22)/t12-/m1/s1. The Kier molecular flexibility index (Phi) is 6.04. The number of carbonyl (C=O) groups is 1. The fourth-order valence-electron chi connectivity index (χ4n) is 2.28. The van der Waals surface area contributed by atoms with E-state index in [1.54, 1.807) is 30.0 Å². The van der Waals surface area contributed by atoms with Gasteiger partial charge < -0.3 is 5.32 Å². The number of hydrogen-bond donors (Lipinski definition) is 2. The number of rotatable bonds is 6. The van der Waals surface area contributed by atoms with Gasteiger partial charge in [-0.1, -0.05) is 24.3 Å². The highest BCUT2D eigenvalue weighted by Gasteiger charge is 2.13. The van der Waals surface area contributed by atoms with E-state index in [0.717, 1.165) is 16.9 Å². The number of hydrogen-bond acceptors (Lipinski definition) is 4. The number of nitrogens with one attached hydrogen (secondary N) is 1. The summed E-state index contributed by atoms with van der Waals surface area (Å²) >= 11 is 1.70. The molecule has 128 valence electrons. The Hall–Kier alpha value is -1.83. The first-order valence-corrected chi connectivity index (χ1v) is 10.3. The molecule has 0 aliphatic rings. The molecule has 7 heteroatoms. The van der Waals surface area contributed by atoms with Gasteiger partial charge in [-0.05, 0) is 48.6 Å². The molecule has 5 nitrogen and oxygen atoms in total. The molecule has 0 spiro atoms. The van der Waals surface area contributed by atoms with Crippen molar-refractivity contribution in [3.8, 4) is 0 Å². The highest BCUT2D eigenvalue weighted by atomic mass is 32.2. The molecule has 1 amide bonds. The van der Waals surface area contributed by atoms with E-state index in [4.69, 9.17) is 5.14 Å². The average molecular weight is 364 g/mol. The largest absolute Gasteiger partial charge is 0.346 e. The minimum absolute atomic E-state index is 0.0505. The van der Waals surface area contributed by atoms with Crippen molar-refractivity contribution in [1.29, 1.82) is 0 Å². The van der Waals surface area contributed by atoms with E-state index in [1.165, 1.54) is 12.1 Å². The molecule has 0 saturated heterocycles. The molecule has 0 aliphatic heterocycles. The van der Waals surface area contributed by atoms with Crippen LogP contribution in [-0.2, 0) is 15.8 Å². The Morgan fingerprint density at radius 2 is 1.88 bits per heavy atom. The highest BCUT2D eigenvalue weighted by molar-refractivity contribution is 7.97. The van der Waals surface area contributed by atoms with Crippen molar-refractivity contribution in [2.45, 2.75) is 23.6 Å². The Labute approximate surface area is 146 Å². The zero-order chi connectivity index (χ0) is 17.7. The van der Waals surface area contributed by atoms with Crippen LogP contribution < -0.4 is 10.5 Å². The van der Waals surface area contributed by atoms with Crippen LogP contribution in [0.25, 0.3) is 0 Å². The average Bonchev–Trinajstić information content (AvgIpc) is 2.54. The normalized spacial score (nSPS) is 12.6. The second-order valence-electron chi connectivity index (χ2n) is 5.44. The lowest BCUT2D eigenvalue weighted by atomic mass is 10.1. The van der Waals surface area contributed by atoms with Crippen LogP contribution in [0.1, 0.15) is 34.5 Å². The van der Waals surface area contributed by atoms with Crippen LogP contribution in [0.3, 0.4) is 0 Å². The topological polar surface area (TPSA) is 89.3 Å². The number of amides is 1. The number of primary sulfonamides is 1. The summed E-state index contributed by atoms with van der Waals surface area (Å²) in [5, 5.41) is 7.99. The highest BCUT2D eigenvalue weighted by Crippen LogP contribution is 2.17. The fourth-order valence-corrected chi connectivity index (χ4v) is 3.31. The van der Waals surface area contributed by atoms with Crippen LogP contribution >= 0.6 is 11.8 Å². The van der Waals surface area contributed by atoms with Gasteiger partial charge in [-0.3, -0.25) is 4.79 Å². The molecule has 0 bridgehead atoms. The second-order valence-corrected chi connectivity index (χ2v) is 7.87. The van der Waals surface area contributed by atoms with Gasteiger partial charge in [0.25, 0.3) is 5.91 Å². The Morgan fingerprint density at radius 1 is 1.21 bits per heavy atom. The molecule has 0 heterocycles. The van der Waals surface area contributed by atoms with E-state index in [9.17, 15) is 13.2 Å². The molecule has 2 aromatic carbocycles. The predicted molar refractivity (Wildman–Crippen MR) is 97.4 cm³/mol. The summed E-state index contributed by atoms with van der Waals surface area (Å²) in [7, 11) is -3.71. The molecule has 2 aromatic rings. The molecular weight excluding hydrogens is 344 g/mol. The van der Waals surface area contributed by atoms with Gasteiger partial charge in [-0.25, -0.2) is 13.6 Å². The number of benzene rings is 2. The van der Waals surface area contributed by atoms with Crippen molar-refractivity contribution in [3.63, 3.8) is 0 Å². The fraction of sp³-hybridized carbons (Fsp3) is 0.235. The van der Waals surface area contributed by atoms with Crippen molar-refractivity contribution in [1.82, 2.24) is 5.32 Å². The summed E-state index contributed by atoms with van der Waals surface area (Å²) in [5.74, 6) is 0.687. The van der Waals surface area contributed by atoms with Crippen LogP contribution in [0.4, 0.5) is 0 Å². The molecular formula is C17H20N2O3S2. The van der Waals surface area contributed by atoms with Gasteiger partial charge >= 0.3 is 0 Å². The summed E-state index contributed by atoms with van der Waals surface area (Å²) in [6, 6.07) is 13.4. The third-order valence-electron chi connectivity index (χ3n) is 3.56. The summed E-state index contributed by atoms with van der Waals surface area (Å²) in [4.78, 5) is 12.4. The van der Waals surface area contributed by atoms with Gasteiger partial charge in [-0.15, -0.1) is 0 Å². The van der Waals surface area contributed by atoms with Crippen molar-refractivity contribution in [2.75, 3.05) is 6.26 Å². The SMILES string of the molecule is CSCc1cccc(C(=O)N[C@H](C)c2ccc(S(N)(=O)=O)cc2)c1. The second kappa shape index (κ2) is 7.83. The first kappa shape index (κ1) is 18.5. The number of carbonyl (C=O) groups excluding carboxylic acids is 1. The van der Waals surface area contributed by atoms with E-state index < -0.39 is 10.0 Å². The van der Waals surface area contributed by atoms with E-state index in [0.29, 0.717) is 5.56 Å². The van der Waals surface area contributed by atoms with Gasteiger partial charge in [0.1, 0.15) is 0 Å². The molecule has 2 rings (SSSR count). The maximum Gasteiger partial charge on any atom is 0.251 e. The predicted octanol–water partition coefficient (Wildman–Crippen LogP) is 2.69. The third kappa shape index (κ3) is 4.83. The summed E-state index contributed by atoms with van der Waals surface area (Å²) in [6.45, 7) is 1.84. The number of thioether (sulfide) groups is 1. The van der Waals surface area contributed by atoms with Crippen LogP contribution in [0.15, 0.2) is 53.4 Å². The van der Waals surface area contributed by atoms with Crippen molar-refractivity contribution < 1.29 is 13.2 Å². The van der Waals surface area contributed by atoms with E-state index >= 15 is 0 Å². The quantitative estimate of drug-likeness (QED) is 0.825. The summed E-state index contributed by atoms with van der Waals surface area (Å²) in [6.07, 6.45) is 2.01. The van der Waals surface area contributed by atoms with Gasteiger partial charge in [0.05, 0.1) is 10.9 Å². The minimum atomic E-state index is -3.71. The van der Waals surface area contributed by atoms with Crippen molar-refractivity contribution in [2.24, 2.45) is 5.14 Å². The van der Waals surface area contributed by atoms with Gasteiger partial charge in [0.15, 0.2) is 0 Å². The molecule has 0 saturated carbocycles. The molecule has 1 atom stereocenters. The van der Waals surface area contributed by atoms with Gasteiger partial charge in [0, 0.05) is 11.3 Å². The van der Waals surface area contributed by atoms with Crippen molar-refractivity contribution in [3.05, 3.63) is 65.2 Å². The molecule has 0 unspecified atom stereocenters. The lowest BCUT2D eigenvalue weighted by Gasteiger charge is -2.15. The summed E-state index contributed by atoms with van der Waals surface area (Å²) < 4.78 is 22.5. The monoisotopic (exact) mass is 364 g/mol. The zero-order valence-corrected chi connectivity index (χ0v) is 15.2. The number of nitrogens with two attached hydrogens (primary N) is 1. The Morgan fingerprint density at radius 3 is 2.46 bits per heavy atom. The Bertz CT molecular complexity index is 818. The first-order valence-electron chi connectivity index (χ1n) is 7.33. The molecule has 0 fully saturated rings. The zero-order valence-electron chi connectivity index (χ0n) is 13.5. The van der Waals surface area contributed by atoms with Crippen LogP contribution in [0.5, 0.6) is 0 Å². The minimum Gasteiger partial charge on any atom is -0.346 e. The molecule has 0 radical (unpaired) electrons. The van der Waals surface area contributed by atoms with Crippen LogP contribution in [0, 0.1) is 0 Å². The molecule has 24 heavy (non-hydrogen) atoms. The maximum absolute atomic E-state index is 12.4. The van der Waals surface area contributed by atoms with Crippen LogP contribution in [-0.4, -0.2) is 20.6 Å². The number of sulfonamides is 1.